The van der Waals surface area contributed by atoms with Crippen LogP contribution < -0.4 is 0 Å². The normalized spacial score (nSPS) is 18.3. The van der Waals surface area contributed by atoms with Crippen LogP contribution in [0.4, 0.5) is 0 Å². The zero-order valence-corrected chi connectivity index (χ0v) is 15.5. The van der Waals surface area contributed by atoms with Crippen LogP contribution in [0.2, 0.25) is 0 Å². The van der Waals surface area contributed by atoms with Gasteiger partial charge in [0.15, 0.2) is 11.9 Å². The molecule has 0 bridgehead atoms. The quantitative estimate of drug-likeness (QED) is 0.464. The molecule has 0 saturated heterocycles. The fourth-order valence-electron chi connectivity index (χ4n) is 3.18. The lowest BCUT2D eigenvalue weighted by atomic mass is 9.96. The topological polar surface area (TPSA) is 72.1 Å². The number of carbonyl (C=O) groups excluding carboxylic acids is 2. The van der Waals surface area contributed by atoms with Gasteiger partial charge in [-0.2, -0.15) is 5.26 Å². The zero-order valence-electron chi connectivity index (χ0n) is 15.5. The molecule has 0 radical (unpaired) electrons. The van der Waals surface area contributed by atoms with Crippen molar-refractivity contribution in [3.05, 3.63) is 28.6 Å². The minimum atomic E-state index is -0.712. The Morgan fingerprint density at radius 2 is 2.16 bits per heavy atom. The SMILES string of the molecule is Cc1cc(/C=C(\C#N)C(=O)O[C@@H]2CCCCC2=O)c(C)n1CC(C)C. The number of rotatable bonds is 5. The minimum absolute atomic E-state index is 0.0491. The van der Waals surface area contributed by atoms with Crippen molar-refractivity contribution in [1.82, 2.24) is 4.57 Å². The molecule has 0 unspecified atom stereocenters. The lowest BCUT2D eigenvalue weighted by Crippen LogP contribution is -2.30. The summed E-state index contributed by atoms with van der Waals surface area (Å²) in [5.74, 6) is -0.261. The summed E-state index contributed by atoms with van der Waals surface area (Å²) >= 11 is 0. The van der Waals surface area contributed by atoms with E-state index in [4.69, 9.17) is 4.74 Å². The second kappa shape index (κ2) is 8.15. The van der Waals surface area contributed by atoms with E-state index in [1.54, 1.807) is 6.08 Å². The van der Waals surface area contributed by atoms with Gasteiger partial charge in [0.05, 0.1) is 0 Å². The average molecular weight is 342 g/mol. The number of ether oxygens (including phenoxy) is 1. The fraction of sp³-hybridized carbons (Fsp3) is 0.550. The highest BCUT2D eigenvalue weighted by molar-refractivity contribution is 5.99. The molecule has 1 fully saturated rings. The second-order valence-corrected chi connectivity index (χ2v) is 7.11. The van der Waals surface area contributed by atoms with Crippen LogP contribution in [0.25, 0.3) is 6.08 Å². The van der Waals surface area contributed by atoms with Crippen molar-refractivity contribution in [2.75, 3.05) is 0 Å². The lowest BCUT2D eigenvalue weighted by molar-refractivity contribution is -0.152. The van der Waals surface area contributed by atoms with E-state index in [2.05, 4.69) is 18.4 Å². The van der Waals surface area contributed by atoms with Gasteiger partial charge in [0.1, 0.15) is 11.6 Å². The molecule has 1 aliphatic carbocycles. The largest absolute Gasteiger partial charge is 0.450 e. The molecule has 5 nitrogen and oxygen atoms in total. The summed E-state index contributed by atoms with van der Waals surface area (Å²) in [6.45, 7) is 9.17. The van der Waals surface area contributed by atoms with Crippen LogP contribution in [0.5, 0.6) is 0 Å². The maximum atomic E-state index is 12.3. The van der Waals surface area contributed by atoms with Crippen molar-refractivity contribution in [3.8, 4) is 6.07 Å². The summed E-state index contributed by atoms with van der Waals surface area (Å²) in [5, 5.41) is 9.35. The van der Waals surface area contributed by atoms with Gasteiger partial charge in [0.2, 0.25) is 0 Å². The minimum Gasteiger partial charge on any atom is -0.450 e. The van der Waals surface area contributed by atoms with E-state index in [0.717, 1.165) is 36.3 Å². The summed E-state index contributed by atoms with van der Waals surface area (Å²) in [4.78, 5) is 24.1. The van der Waals surface area contributed by atoms with Crippen molar-refractivity contribution in [2.45, 2.75) is 66.0 Å². The van der Waals surface area contributed by atoms with E-state index < -0.39 is 12.1 Å². The molecule has 0 N–H and O–H groups in total. The summed E-state index contributed by atoms with van der Waals surface area (Å²) < 4.78 is 7.47. The Morgan fingerprint density at radius 3 is 2.76 bits per heavy atom. The third-order valence-electron chi connectivity index (χ3n) is 4.55. The number of aromatic nitrogens is 1. The number of hydrogen-bond donors (Lipinski definition) is 0. The molecule has 5 heteroatoms. The molecule has 25 heavy (non-hydrogen) atoms. The molecule has 0 spiro atoms. The molecular weight excluding hydrogens is 316 g/mol. The van der Waals surface area contributed by atoms with E-state index >= 15 is 0 Å². The van der Waals surface area contributed by atoms with Gasteiger partial charge in [0, 0.05) is 24.4 Å². The van der Waals surface area contributed by atoms with E-state index in [1.165, 1.54) is 0 Å². The number of nitriles is 1. The molecule has 2 rings (SSSR count). The number of hydrogen-bond acceptors (Lipinski definition) is 4. The Kier molecular flexibility index (Phi) is 6.19. The number of nitrogens with zero attached hydrogens (tertiary/aromatic N) is 2. The van der Waals surface area contributed by atoms with Crippen molar-refractivity contribution in [1.29, 1.82) is 5.26 Å². The summed E-state index contributed by atoms with van der Waals surface area (Å²) in [6, 6.07) is 3.88. The lowest BCUT2D eigenvalue weighted by Gasteiger charge is -2.20. The molecule has 1 aromatic heterocycles. The molecule has 1 saturated carbocycles. The zero-order chi connectivity index (χ0) is 18.6. The molecular formula is C20H26N2O3. The molecule has 1 aromatic rings. The third-order valence-corrected chi connectivity index (χ3v) is 4.55. The number of esters is 1. The summed E-state index contributed by atoms with van der Waals surface area (Å²) in [5.41, 5.74) is 2.87. The summed E-state index contributed by atoms with van der Waals surface area (Å²) in [6.07, 6.45) is 3.56. The molecule has 1 atom stereocenters. The van der Waals surface area contributed by atoms with Gasteiger partial charge in [-0.25, -0.2) is 4.79 Å². The molecule has 0 aliphatic heterocycles. The van der Waals surface area contributed by atoms with Crippen molar-refractivity contribution >= 4 is 17.8 Å². The standard InChI is InChI=1S/C20H26N2O3/c1-13(2)12-22-14(3)9-16(15(22)4)10-17(11-21)20(24)25-19-8-6-5-7-18(19)23/h9-10,13,19H,5-8,12H2,1-4H3/b17-10+/t19-/m1/s1. The number of carbonyl (C=O) groups is 2. The van der Waals surface area contributed by atoms with E-state index in [1.807, 2.05) is 26.0 Å². The first-order valence-electron chi connectivity index (χ1n) is 8.85. The monoisotopic (exact) mass is 342 g/mol. The maximum absolute atomic E-state index is 12.3. The summed E-state index contributed by atoms with van der Waals surface area (Å²) in [7, 11) is 0. The Bertz CT molecular complexity index is 735. The van der Waals surface area contributed by atoms with E-state index in [0.29, 0.717) is 18.8 Å². The van der Waals surface area contributed by atoms with Crippen molar-refractivity contribution in [2.24, 2.45) is 5.92 Å². The number of aryl methyl sites for hydroxylation is 1. The van der Waals surface area contributed by atoms with E-state index in [9.17, 15) is 14.9 Å². The second-order valence-electron chi connectivity index (χ2n) is 7.11. The molecule has 1 aliphatic rings. The fourth-order valence-corrected chi connectivity index (χ4v) is 3.18. The van der Waals surface area contributed by atoms with Crippen LogP contribution in [0.3, 0.4) is 0 Å². The first kappa shape index (κ1) is 19.0. The highest BCUT2D eigenvalue weighted by Gasteiger charge is 2.27. The maximum Gasteiger partial charge on any atom is 0.349 e. The van der Waals surface area contributed by atoms with Crippen LogP contribution in [-0.2, 0) is 20.9 Å². The molecule has 0 aromatic carbocycles. The van der Waals surface area contributed by atoms with Crippen LogP contribution in [0.1, 0.15) is 56.5 Å². The van der Waals surface area contributed by atoms with Gasteiger partial charge >= 0.3 is 5.97 Å². The van der Waals surface area contributed by atoms with Gasteiger partial charge in [-0.3, -0.25) is 4.79 Å². The number of ketones is 1. The predicted octanol–water partition coefficient (Wildman–Crippen LogP) is 3.72. The third kappa shape index (κ3) is 4.60. The van der Waals surface area contributed by atoms with Crippen LogP contribution in [0.15, 0.2) is 11.6 Å². The molecule has 1 heterocycles. The van der Waals surface area contributed by atoms with Crippen LogP contribution in [-0.4, -0.2) is 22.4 Å². The highest BCUT2D eigenvalue weighted by atomic mass is 16.5. The van der Waals surface area contributed by atoms with Crippen molar-refractivity contribution < 1.29 is 14.3 Å². The number of Topliss-reactive ketones (excluding diaryl/α,β-unsaturated/α-hetero) is 1. The van der Waals surface area contributed by atoms with Gasteiger partial charge in [0.25, 0.3) is 0 Å². The highest BCUT2D eigenvalue weighted by Crippen LogP contribution is 2.22. The Morgan fingerprint density at radius 1 is 1.44 bits per heavy atom. The first-order valence-corrected chi connectivity index (χ1v) is 8.85. The van der Waals surface area contributed by atoms with Gasteiger partial charge in [-0.15, -0.1) is 0 Å². The van der Waals surface area contributed by atoms with Gasteiger partial charge in [-0.1, -0.05) is 13.8 Å². The average Bonchev–Trinajstić information content (AvgIpc) is 2.81. The molecule has 134 valence electrons. The Balaban J connectivity index is 2.21. The van der Waals surface area contributed by atoms with Crippen LogP contribution >= 0.6 is 0 Å². The predicted molar refractivity (Wildman–Crippen MR) is 95.7 cm³/mol. The van der Waals surface area contributed by atoms with Crippen LogP contribution in [0, 0.1) is 31.1 Å². The smallest absolute Gasteiger partial charge is 0.349 e. The van der Waals surface area contributed by atoms with Crippen molar-refractivity contribution in [3.63, 3.8) is 0 Å². The Labute approximate surface area is 149 Å². The molecule has 0 amide bonds. The van der Waals surface area contributed by atoms with Gasteiger partial charge in [-0.05, 0) is 56.7 Å². The van der Waals surface area contributed by atoms with E-state index in [-0.39, 0.29) is 11.4 Å². The van der Waals surface area contributed by atoms with Gasteiger partial charge < -0.3 is 9.30 Å². The Hall–Kier alpha value is -2.35. The first-order chi connectivity index (χ1) is 11.8.